The molecule has 1 saturated heterocycles. The lowest BCUT2D eigenvalue weighted by Crippen LogP contribution is -2.28. The molecule has 0 atom stereocenters. The Morgan fingerprint density at radius 2 is 1.44 bits per heavy atom. The van der Waals surface area contributed by atoms with Crippen LogP contribution in [0.15, 0.2) is 24.3 Å². The Morgan fingerprint density at radius 3 is 2.04 bits per heavy atom. The molecule has 148 valence electrons. The van der Waals surface area contributed by atoms with Gasteiger partial charge < -0.3 is 9.47 Å². The van der Waals surface area contributed by atoms with Crippen molar-refractivity contribution in [3.8, 4) is 6.07 Å². The SMILES string of the molecule is CCCCC[C@H]1CC[C@H](CC[C@H]2CO[C@H](c3ccc(C#N)cc3)OC2)CC1. The first-order valence-electron chi connectivity index (χ1n) is 11.0. The van der Waals surface area contributed by atoms with Crippen molar-refractivity contribution in [3.05, 3.63) is 35.4 Å². The van der Waals surface area contributed by atoms with Crippen LogP contribution >= 0.6 is 0 Å². The third kappa shape index (κ3) is 6.33. The molecule has 2 aliphatic rings. The molecule has 2 fully saturated rings. The van der Waals surface area contributed by atoms with E-state index in [9.17, 15) is 0 Å². The maximum absolute atomic E-state index is 8.89. The van der Waals surface area contributed by atoms with Crippen LogP contribution in [0, 0.1) is 29.1 Å². The highest BCUT2D eigenvalue weighted by Crippen LogP contribution is 2.36. The summed E-state index contributed by atoms with van der Waals surface area (Å²) in [5.41, 5.74) is 1.68. The predicted octanol–water partition coefficient (Wildman–Crippen LogP) is 6.39. The van der Waals surface area contributed by atoms with E-state index in [0.717, 1.165) is 30.6 Å². The van der Waals surface area contributed by atoms with E-state index < -0.39 is 0 Å². The van der Waals surface area contributed by atoms with E-state index >= 15 is 0 Å². The van der Waals surface area contributed by atoms with Gasteiger partial charge in [0.15, 0.2) is 6.29 Å². The van der Waals surface area contributed by atoms with Crippen LogP contribution in [-0.2, 0) is 9.47 Å². The molecule has 1 heterocycles. The summed E-state index contributed by atoms with van der Waals surface area (Å²) in [4.78, 5) is 0. The van der Waals surface area contributed by atoms with E-state index in [4.69, 9.17) is 14.7 Å². The number of nitriles is 1. The van der Waals surface area contributed by atoms with Gasteiger partial charge in [0.2, 0.25) is 0 Å². The van der Waals surface area contributed by atoms with E-state index in [0.29, 0.717) is 11.5 Å². The van der Waals surface area contributed by atoms with E-state index in [1.807, 2.05) is 24.3 Å². The van der Waals surface area contributed by atoms with Crippen molar-refractivity contribution in [1.29, 1.82) is 5.26 Å². The van der Waals surface area contributed by atoms with E-state index in [-0.39, 0.29) is 6.29 Å². The van der Waals surface area contributed by atoms with E-state index in [1.165, 1.54) is 64.2 Å². The smallest absolute Gasteiger partial charge is 0.183 e. The van der Waals surface area contributed by atoms with Gasteiger partial charge >= 0.3 is 0 Å². The quantitative estimate of drug-likeness (QED) is 0.499. The molecule has 27 heavy (non-hydrogen) atoms. The Kier molecular flexibility index (Phi) is 8.17. The number of rotatable bonds is 8. The molecule has 3 rings (SSSR count). The van der Waals surface area contributed by atoms with Crippen LogP contribution in [-0.4, -0.2) is 13.2 Å². The molecular weight excluding hydrogens is 334 g/mol. The normalized spacial score (nSPS) is 28.6. The first-order chi connectivity index (χ1) is 13.3. The van der Waals surface area contributed by atoms with Crippen molar-refractivity contribution < 1.29 is 9.47 Å². The zero-order chi connectivity index (χ0) is 18.9. The minimum absolute atomic E-state index is 0.271. The van der Waals surface area contributed by atoms with Gasteiger partial charge in [-0.2, -0.15) is 5.26 Å². The number of ether oxygens (including phenoxy) is 2. The maximum atomic E-state index is 8.89. The molecule has 3 nitrogen and oxygen atoms in total. The van der Waals surface area contributed by atoms with Gasteiger partial charge in [-0.05, 0) is 30.4 Å². The molecule has 0 aromatic heterocycles. The van der Waals surface area contributed by atoms with Gasteiger partial charge in [0, 0.05) is 11.5 Å². The van der Waals surface area contributed by atoms with Crippen LogP contribution < -0.4 is 0 Å². The Labute approximate surface area is 165 Å². The summed E-state index contributed by atoms with van der Waals surface area (Å²) >= 11 is 0. The van der Waals surface area contributed by atoms with Crippen LogP contribution in [0.4, 0.5) is 0 Å². The fourth-order valence-corrected chi connectivity index (χ4v) is 4.58. The molecule has 0 radical (unpaired) electrons. The molecular formula is C24H35NO2. The molecule has 0 spiro atoms. The lowest BCUT2D eigenvalue weighted by molar-refractivity contribution is -0.206. The molecule has 0 unspecified atom stereocenters. The van der Waals surface area contributed by atoms with E-state index in [2.05, 4.69) is 13.0 Å². The largest absolute Gasteiger partial charge is 0.348 e. The van der Waals surface area contributed by atoms with Crippen molar-refractivity contribution >= 4 is 0 Å². The lowest BCUT2D eigenvalue weighted by Gasteiger charge is -2.32. The van der Waals surface area contributed by atoms with Crippen LogP contribution in [0.25, 0.3) is 0 Å². The number of nitrogens with zero attached hydrogens (tertiary/aromatic N) is 1. The molecule has 0 amide bonds. The first-order valence-corrected chi connectivity index (χ1v) is 11.0. The molecule has 3 heteroatoms. The maximum Gasteiger partial charge on any atom is 0.183 e. The summed E-state index contributed by atoms with van der Waals surface area (Å²) < 4.78 is 11.9. The molecule has 1 aliphatic carbocycles. The monoisotopic (exact) mass is 369 g/mol. The fourth-order valence-electron chi connectivity index (χ4n) is 4.58. The Hall–Kier alpha value is -1.37. The molecule has 1 aliphatic heterocycles. The highest BCUT2D eigenvalue weighted by molar-refractivity contribution is 5.32. The van der Waals surface area contributed by atoms with Crippen LogP contribution in [0.1, 0.15) is 88.5 Å². The fraction of sp³-hybridized carbons (Fsp3) is 0.708. The summed E-state index contributed by atoms with van der Waals surface area (Å²) in [5, 5.41) is 8.89. The molecule has 1 saturated carbocycles. The van der Waals surface area contributed by atoms with Gasteiger partial charge in [-0.3, -0.25) is 0 Å². The third-order valence-corrected chi connectivity index (χ3v) is 6.44. The van der Waals surface area contributed by atoms with Gasteiger partial charge in [-0.15, -0.1) is 0 Å². The Balaban J connectivity index is 1.31. The Bertz CT molecular complexity index is 575. The highest BCUT2D eigenvalue weighted by Gasteiger charge is 2.26. The van der Waals surface area contributed by atoms with Gasteiger partial charge in [0.05, 0.1) is 24.8 Å². The standard InChI is InChI=1S/C24H35NO2/c1-2-3-4-5-19-6-8-20(9-7-19)10-11-22-17-26-24(27-18-22)23-14-12-21(16-25)13-15-23/h12-15,19-20,22,24H,2-11,17-18H2,1H3/t19-,20-,22-,24-. The van der Waals surface area contributed by atoms with Crippen LogP contribution in [0.2, 0.25) is 0 Å². The molecule has 1 aromatic rings. The predicted molar refractivity (Wildman–Crippen MR) is 108 cm³/mol. The minimum atomic E-state index is -0.271. The van der Waals surface area contributed by atoms with Crippen molar-refractivity contribution in [1.82, 2.24) is 0 Å². The summed E-state index contributed by atoms with van der Waals surface area (Å²) in [6, 6.07) is 9.66. The number of benzene rings is 1. The molecule has 0 N–H and O–H groups in total. The first kappa shape index (κ1) is 20.4. The van der Waals surface area contributed by atoms with E-state index in [1.54, 1.807) is 0 Å². The highest BCUT2D eigenvalue weighted by atomic mass is 16.7. The average molecular weight is 370 g/mol. The summed E-state index contributed by atoms with van der Waals surface area (Å²) in [5.74, 6) is 2.45. The van der Waals surface area contributed by atoms with Crippen molar-refractivity contribution in [2.45, 2.75) is 77.4 Å². The number of hydrogen-bond donors (Lipinski definition) is 0. The Morgan fingerprint density at radius 1 is 0.852 bits per heavy atom. The lowest BCUT2D eigenvalue weighted by atomic mass is 9.77. The van der Waals surface area contributed by atoms with Crippen LogP contribution in [0.5, 0.6) is 0 Å². The molecule has 1 aromatic carbocycles. The van der Waals surface area contributed by atoms with Gasteiger partial charge in [0.25, 0.3) is 0 Å². The van der Waals surface area contributed by atoms with Crippen LogP contribution in [0.3, 0.4) is 0 Å². The zero-order valence-corrected chi connectivity index (χ0v) is 16.9. The number of hydrogen-bond acceptors (Lipinski definition) is 3. The topological polar surface area (TPSA) is 42.2 Å². The average Bonchev–Trinajstić information content (AvgIpc) is 2.74. The van der Waals surface area contributed by atoms with Crippen molar-refractivity contribution in [2.75, 3.05) is 13.2 Å². The summed E-state index contributed by atoms with van der Waals surface area (Å²) in [6.07, 6.45) is 13.7. The second-order valence-corrected chi connectivity index (χ2v) is 8.56. The summed E-state index contributed by atoms with van der Waals surface area (Å²) in [6.45, 7) is 3.87. The molecule has 0 bridgehead atoms. The zero-order valence-electron chi connectivity index (χ0n) is 16.9. The summed E-state index contributed by atoms with van der Waals surface area (Å²) in [7, 11) is 0. The second kappa shape index (κ2) is 10.8. The van der Waals surface area contributed by atoms with Gasteiger partial charge in [-0.25, -0.2) is 0 Å². The van der Waals surface area contributed by atoms with Crippen molar-refractivity contribution in [3.63, 3.8) is 0 Å². The third-order valence-electron chi connectivity index (χ3n) is 6.44. The second-order valence-electron chi connectivity index (χ2n) is 8.56. The van der Waals surface area contributed by atoms with Crippen molar-refractivity contribution in [2.24, 2.45) is 17.8 Å². The van der Waals surface area contributed by atoms with Gasteiger partial charge in [-0.1, -0.05) is 76.8 Å². The number of unbranched alkanes of at least 4 members (excludes halogenated alkanes) is 2. The minimum Gasteiger partial charge on any atom is -0.348 e. The van der Waals surface area contributed by atoms with Gasteiger partial charge in [0.1, 0.15) is 0 Å².